The van der Waals surface area contributed by atoms with Gasteiger partial charge < -0.3 is 15.4 Å². The normalized spacial score (nSPS) is 12.4. The van der Waals surface area contributed by atoms with Gasteiger partial charge in [-0.3, -0.25) is 14.4 Å². The van der Waals surface area contributed by atoms with Crippen molar-refractivity contribution in [3.63, 3.8) is 0 Å². The van der Waals surface area contributed by atoms with Gasteiger partial charge in [-0.05, 0) is 50.2 Å². The van der Waals surface area contributed by atoms with Crippen LogP contribution >= 0.6 is 0 Å². The number of benzene rings is 2. The van der Waals surface area contributed by atoms with Crippen molar-refractivity contribution in [2.45, 2.75) is 32.9 Å². The molecule has 0 heterocycles. The molecule has 2 atom stereocenters. The maximum absolute atomic E-state index is 12.4. The van der Waals surface area contributed by atoms with Crippen molar-refractivity contribution >= 4 is 29.3 Å². The van der Waals surface area contributed by atoms with E-state index in [-0.39, 0.29) is 11.7 Å². The van der Waals surface area contributed by atoms with Crippen LogP contribution in [-0.4, -0.2) is 35.7 Å². The first kappa shape index (κ1) is 20.8. The largest absolute Gasteiger partial charge is 0.453 e. The number of carbonyl (C=O) groups excluding carboxylic acids is 4. The van der Waals surface area contributed by atoms with Gasteiger partial charge in [-0.25, -0.2) is 4.79 Å². The highest BCUT2D eigenvalue weighted by atomic mass is 16.5. The van der Waals surface area contributed by atoms with Gasteiger partial charge in [0, 0.05) is 23.7 Å². The average Bonchev–Trinajstić information content (AvgIpc) is 2.68. The molecular weight excluding hydrogens is 360 g/mol. The summed E-state index contributed by atoms with van der Waals surface area (Å²) in [4.78, 5) is 47.7. The zero-order valence-electron chi connectivity index (χ0n) is 15.9. The quantitative estimate of drug-likeness (QED) is 0.566. The average molecular weight is 382 g/mol. The highest BCUT2D eigenvalue weighted by Crippen LogP contribution is 2.13. The molecule has 0 saturated carbocycles. The molecule has 28 heavy (non-hydrogen) atoms. The maximum Gasteiger partial charge on any atom is 0.329 e. The lowest BCUT2D eigenvalue weighted by atomic mass is 10.1. The Morgan fingerprint density at radius 1 is 0.857 bits per heavy atom. The van der Waals surface area contributed by atoms with E-state index in [2.05, 4.69) is 10.6 Å². The Morgan fingerprint density at radius 3 is 2.04 bits per heavy atom. The fourth-order valence-electron chi connectivity index (χ4n) is 2.41. The monoisotopic (exact) mass is 382 g/mol. The minimum absolute atomic E-state index is 0.215. The van der Waals surface area contributed by atoms with E-state index in [0.717, 1.165) is 0 Å². The molecular formula is C21H22N2O5. The van der Waals surface area contributed by atoms with Crippen molar-refractivity contribution < 1.29 is 23.9 Å². The topological polar surface area (TPSA) is 102 Å². The summed E-state index contributed by atoms with van der Waals surface area (Å²) in [7, 11) is 0. The maximum atomic E-state index is 12.4. The van der Waals surface area contributed by atoms with Crippen LogP contribution < -0.4 is 10.6 Å². The Morgan fingerprint density at radius 2 is 1.46 bits per heavy atom. The van der Waals surface area contributed by atoms with Crippen molar-refractivity contribution in [2.24, 2.45) is 0 Å². The van der Waals surface area contributed by atoms with E-state index < -0.39 is 24.0 Å². The lowest BCUT2D eigenvalue weighted by Crippen LogP contribution is -2.41. The molecule has 0 spiro atoms. The Labute approximate surface area is 163 Å². The summed E-state index contributed by atoms with van der Waals surface area (Å²) in [6, 6.07) is 13.8. The molecule has 0 bridgehead atoms. The molecule has 0 aliphatic heterocycles. The first-order chi connectivity index (χ1) is 13.3. The molecule has 2 rings (SSSR count). The first-order valence-electron chi connectivity index (χ1n) is 8.76. The number of esters is 1. The van der Waals surface area contributed by atoms with Gasteiger partial charge in [0.25, 0.3) is 5.91 Å². The van der Waals surface area contributed by atoms with Crippen LogP contribution in [0.25, 0.3) is 0 Å². The third-order valence-electron chi connectivity index (χ3n) is 3.89. The van der Waals surface area contributed by atoms with E-state index in [0.29, 0.717) is 16.8 Å². The van der Waals surface area contributed by atoms with E-state index in [1.807, 2.05) is 0 Å². The third-order valence-corrected chi connectivity index (χ3v) is 3.89. The predicted molar refractivity (Wildman–Crippen MR) is 104 cm³/mol. The van der Waals surface area contributed by atoms with Crippen LogP contribution in [0, 0.1) is 0 Å². The van der Waals surface area contributed by atoms with Crippen molar-refractivity contribution in [2.75, 3.05) is 5.32 Å². The van der Waals surface area contributed by atoms with Gasteiger partial charge in [0.15, 0.2) is 6.10 Å². The van der Waals surface area contributed by atoms with Crippen LogP contribution in [0.3, 0.4) is 0 Å². The zero-order chi connectivity index (χ0) is 20.7. The smallest absolute Gasteiger partial charge is 0.329 e. The Kier molecular flexibility index (Phi) is 7.03. The molecule has 2 aromatic rings. The van der Waals surface area contributed by atoms with Gasteiger partial charge >= 0.3 is 5.97 Å². The summed E-state index contributed by atoms with van der Waals surface area (Å²) in [5.41, 5.74) is 1.33. The minimum Gasteiger partial charge on any atom is -0.453 e. The molecule has 2 N–H and O–H groups in total. The summed E-state index contributed by atoms with van der Waals surface area (Å²) in [5.74, 6) is -1.71. The molecule has 0 fully saturated rings. The Balaban J connectivity index is 1.92. The highest BCUT2D eigenvalue weighted by Gasteiger charge is 2.24. The van der Waals surface area contributed by atoms with Crippen LogP contribution in [-0.2, 0) is 14.3 Å². The second-order valence-electron chi connectivity index (χ2n) is 6.26. The van der Waals surface area contributed by atoms with Gasteiger partial charge in [0.1, 0.15) is 6.04 Å². The molecule has 2 amide bonds. The third kappa shape index (κ3) is 5.77. The van der Waals surface area contributed by atoms with E-state index in [9.17, 15) is 19.2 Å². The van der Waals surface area contributed by atoms with E-state index in [4.69, 9.17) is 4.74 Å². The second-order valence-corrected chi connectivity index (χ2v) is 6.26. The number of nitrogens with one attached hydrogen (secondary N) is 2. The molecule has 7 heteroatoms. The van der Waals surface area contributed by atoms with Crippen LogP contribution in [0.1, 0.15) is 41.5 Å². The summed E-state index contributed by atoms with van der Waals surface area (Å²) in [6.07, 6.45) is -1.02. The van der Waals surface area contributed by atoms with Crippen molar-refractivity contribution in [1.82, 2.24) is 5.32 Å². The van der Waals surface area contributed by atoms with Crippen molar-refractivity contribution in [3.8, 4) is 0 Å². The number of Topliss-reactive ketones (excluding diaryl/α,β-unsaturated/α-hetero) is 1. The second kappa shape index (κ2) is 9.45. The standard InChI is InChI=1S/C21H22N2O5/c1-13(22-20(26)17-7-5-4-6-8-17)21(27)28-14(2)19(25)16-9-11-18(12-10-16)23-15(3)24/h4-14H,1-3H3,(H,22,26)(H,23,24)/t13-,14-/m0/s1. The lowest BCUT2D eigenvalue weighted by molar-refractivity contribution is -0.148. The number of hydrogen-bond acceptors (Lipinski definition) is 5. The summed E-state index contributed by atoms with van der Waals surface area (Å²) in [5, 5.41) is 5.14. The van der Waals surface area contributed by atoms with Crippen LogP contribution in [0.2, 0.25) is 0 Å². The summed E-state index contributed by atoms with van der Waals surface area (Å²) in [6.45, 7) is 4.34. The van der Waals surface area contributed by atoms with Crippen LogP contribution in [0.5, 0.6) is 0 Å². The number of ketones is 1. The number of ether oxygens (including phenoxy) is 1. The highest BCUT2D eigenvalue weighted by molar-refractivity contribution is 6.01. The molecule has 0 aliphatic carbocycles. The predicted octanol–water partition coefficient (Wildman–Crippen LogP) is 2.58. The molecule has 146 valence electrons. The number of hydrogen-bond donors (Lipinski definition) is 2. The Hall–Kier alpha value is -3.48. The number of carbonyl (C=O) groups is 4. The van der Waals surface area contributed by atoms with E-state index >= 15 is 0 Å². The van der Waals surface area contributed by atoms with Gasteiger partial charge in [-0.2, -0.15) is 0 Å². The minimum atomic E-state index is -1.02. The van der Waals surface area contributed by atoms with E-state index in [1.165, 1.54) is 20.8 Å². The zero-order valence-corrected chi connectivity index (χ0v) is 15.9. The van der Waals surface area contributed by atoms with Crippen molar-refractivity contribution in [1.29, 1.82) is 0 Å². The summed E-state index contributed by atoms with van der Waals surface area (Å²) >= 11 is 0. The molecule has 0 aromatic heterocycles. The molecule has 7 nitrogen and oxygen atoms in total. The van der Waals surface area contributed by atoms with E-state index in [1.54, 1.807) is 54.6 Å². The molecule has 0 radical (unpaired) electrons. The first-order valence-corrected chi connectivity index (χ1v) is 8.76. The Bertz CT molecular complexity index is 862. The van der Waals surface area contributed by atoms with Gasteiger partial charge in [0.05, 0.1) is 0 Å². The number of rotatable bonds is 7. The molecule has 2 aromatic carbocycles. The number of anilines is 1. The number of amides is 2. The molecule has 0 unspecified atom stereocenters. The van der Waals surface area contributed by atoms with Crippen LogP contribution in [0.15, 0.2) is 54.6 Å². The fraction of sp³-hybridized carbons (Fsp3) is 0.238. The lowest BCUT2D eigenvalue weighted by Gasteiger charge is -2.17. The SMILES string of the molecule is CC(=O)Nc1ccc(C(=O)[C@H](C)OC(=O)[C@H](C)NC(=O)c2ccccc2)cc1. The van der Waals surface area contributed by atoms with Gasteiger partial charge in [-0.1, -0.05) is 18.2 Å². The van der Waals surface area contributed by atoms with Gasteiger partial charge in [0.2, 0.25) is 11.7 Å². The summed E-state index contributed by atoms with van der Waals surface area (Å²) < 4.78 is 5.19. The fourth-order valence-corrected chi connectivity index (χ4v) is 2.41. The van der Waals surface area contributed by atoms with Crippen molar-refractivity contribution in [3.05, 3.63) is 65.7 Å². The molecule has 0 saturated heterocycles. The molecule has 0 aliphatic rings. The van der Waals surface area contributed by atoms with Crippen LogP contribution in [0.4, 0.5) is 5.69 Å². The van der Waals surface area contributed by atoms with Gasteiger partial charge in [-0.15, -0.1) is 0 Å².